The average molecular weight is 871 g/mol. The van der Waals surface area contributed by atoms with E-state index in [0.29, 0.717) is 35.1 Å². The van der Waals surface area contributed by atoms with E-state index in [2.05, 4.69) is 155 Å². The van der Waals surface area contributed by atoms with Crippen LogP contribution in [-0.2, 0) is 0 Å². The average Bonchev–Trinajstić information content (AvgIpc) is 3.95. The van der Waals surface area contributed by atoms with Gasteiger partial charge in [0.1, 0.15) is 0 Å². The first-order chi connectivity index (χ1) is 33.7. The van der Waals surface area contributed by atoms with Crippen molar-refractivity contribution >= 4 is 43.6 Å². The molecular formula is C60H38N8. The smallest absolute Gasteiger partial charge is 0.238 e. The van der Waals surface area contributed by atoms with Gasteiger partial charge in [-0.2, -0.15) is 9.97 Å². The molecule has 0 amide bonds. The van der Waals surface area contributed by atoms with E-state index in [-0.39, 0.29) is 0 Å². The highest BCUT2D eigenvalue weighted by Crippen LogP contribution is 2.43. The molecule has 8 heteroatoms. The molecular weight excluding hydrogens is 833 g/mol. The van der Waals surface area contributed by atoms with Gasteiger partial charge in [-0.25, -0.2) is 19.9 Å². The van der Waals surface area contributed by atoms with Crippen molar-refractivity contribution in [3.05, 3.63) is 231 Å². The van der Waals surface area contributed by atoms with Gasteiger partial charge in [0.05, 0.1) is 27.8 Å². The molecule has 0 spiro atoms. The number of rotatable bonds is 8. The highest BCUT2D eigenvalue weighted by molar-refractivity contribution is 6.26. The largest absolute Gasteiger partial charge is 0.308 e. The summed E-state index contributed by atoms with van der Waals surface area (Å²) in [5, 5.41) is 4.36. The Hall–Kier alpha value is -9.40. The Morgan fingerprint density at radius 1 is 0.265 bits per heavy atom. The molecule has 0 saturated carbocycles. The van der Waals surface area contributed by atoms with Gasteiger partial charge in [0, 0.05) is 49.4 Å². The van der Waals surface area contributed by atoms with Gasteiger partial charge in [0.15, 0.2) is 29.1 Å². The molecule has 4 heterocycles. The van der Waals surface area contributed by atoms with Gasteiger partial charge >= 0.3 is 0 Å². The molecule has 4 aromatic heterocycles. The molecule has 0 atom stereocenters. The molecule has 0 aliphatic carbocycles. The number of fused-ring (bicyclic) bond motifs is 7. The van der Waals surface area contributed by atoms with Gasteiger partial charge in [-0.3, -0.25) is 4.57 Å². The normalized spacial score (nSPS) is 11.5. The van der Waals surface area contributed by atoms with E-state index in [1.807, 2.05) is 84.9 Å². The molecule has 0 unspecified atom stereocenters. The third-order valence-electron chi connectivity index (χ3n) is 12.6. The summed E-state index contributed by atoms with van der Waals surface area (Å²) in [5.74, 6) is 3.50. The van der Waals surface area contributed by atoms with Gasteiger partial charge in [-0.1, -0.05) is 194 Å². The summed E-state index contributed by atoms with van der Waals surface area (Å²) in [6.07, 6.45) is 0. The highest BCUT2D eigenvalue weighted by Gasteiger charge is 2.25. The van der Waals surface area contributed by atoms with E-state index in [1.165, 1.54) is 0 Å². The van der Waals surface area contributed by atoms with Crippen LogP contribution >= 0.6 is 0 Å². The first kappa shape index (κ1) is 39.0. The molecule has 8 nitrogen and oxygen atoms in total. The lowest BCUT2D eigenvalue weighted by Crippen LogP contribution is -2.06. The maximum absolute atomic E-state index is 5.39. The van der Waals surface area contributed by atoms with Gasteiger partial charge < -0.3 is 4.57 Å². The molecule has 318 valence electrons. The zero-order valence-corrected chi connectivity index (χ0v) is 36.5. The zero-order valence-electron chi connectivity index (χ0n) is 36.5. The predicted octanol–water partition coefficient (Wildman–Crippen LogP) is 14.3. The van der Waals surface area contributed by atoms with E-state index in [9.17, 15) is 0 Å². The van der Waals surface area contributed by atoms with Gasteiger partial charge in [0.25, 0.3) is 0 Å². The molecule has 13 aromatic rings. The van der Waals surface area contributed by atoms with Crippen LogP contribution in [0.25, 0.3) is 123 Å². The van der Waals surface area contributed by atoms with E-state index >= 15 is 0 Å². The van der Waals surface area contributed by atoms with Gasteiger partial charge in [-0.05, 0) is 47.5 Å². The van der Waals surface area contributed by atoms with E-state index in [0.717, 1.165) is 88.2 Å². The first-order valence-corrected chi connectivity index (χ1v) is 22.6. The van der Waals surface area contributed by atoms with Crippen molar-refractivity contribution in [1.29, 1.82) is 0 Å². The van der Waals surface area contributed by atoms with Crippen molar-refractivity contribution in [2.45, 2.75) is 0 Å². The second kappa shape index (κ2) is 16.2. The monoisotopic (exact) mass is 870 g/mol. The molecule has 0 radical (unpaired) electrons. The van der Waals surface area contributed by atoms with Gasteiger partial charge in [0.2, 0.25) is 5.95 Å². The standard InChI is InChI=1S/C60H38N8/c1-5-20-39(21-6-1)43-28-19-29-44(38-43)58-62-57(42-26-11-4-12-27-42)65-60(66-58)68-49-33-16-13-30-45(49)46-36-37-52-53(54(46)68)47-31-14-17-34-50(47)67(52)51-35-18-15-32-48(51)59-63-55(40-22-7-2-8-23-40)61-56(64-59)41-24-9-3-10-25-41/h1-38H. The van der Waals surface area contributed by atoms with Crippen molar-refractivity contribution in [2.24, 2.45) is 0 Å². The van der Waals surface area contributed by atoms with Crippen molar-refractivity contribution in [3.63, 3.8) is 0 Å². The fourth-order valence-corrected chi connectivity index (χ4v) is 9.54. The summed E-state index contributed by atoms with van der Waals surface area (Å²) >= 11 is 0. The lowest BCUT2D eigenvalue weighted by molar-refractivity contribution is 0.955. The second-order valence-corrected chi connectivity index (χ2v) is 16.7. The van der Waals surface area contributed by atoms with Crippen LogP contribution in [0.5, 0.6) is 0 Å². The molecule has 0 bridgehead atoms. The fourth-order valence-electron chi connectivity index (χ4n) is 9.54. The lowest BCUT2D eigenvalue weighted by Gasteiger charge is -2.15. The predicted molar refractivity (Wildman–Crippen MR) is 275 cm³/mol. The Kier molecular flexibility index (Phi) is 9.31. The van der Waals surface area contributed by atoms with Crippen LogP contribution < -0.4 is 0 Å². The Morgan fingerprint density at radius 2 is 0.721 bits per heavy atom. The number of aromatic nitrogens is 8. The van der Waals surface area contributed by atoms with E-state index < -0.39 is 0 Å². The fraction of sp³-hybridized carbons (Fsp3) is 0. The number of hydrogen-bond acceptors (Lipinski definition) is 6. The number of benzene rings is 9. The zero-order chi connectivity index (χ0) is 45.0. The van der Waals surface area contributed by atoms with Crippen molar-refractivity contribution < 1.29 is 0 Å². The van der Waals surface area contributed by atoms with E-state index in [4.69, 9.17) is 29.9 Å². The third-order valence-corrected chi connectivity index (χ3v) is 12.6. The van der Waals surface area contributed by atoms with Crippen LogP contribution in [0, 0.1) is 0 Å². The summed E-state index contributed by atoms with van der Waals surface area (Å²) in [4.78, 5) is 31.3. The molecule has 0 N–H and O–H groups in total. The Bertz CT molecular complexity index is 3960. The molecule has 0 aliphatic rings. The molecule has 0 fully saturated rings. The molecule has 0 saturated heterocycles. The first-order valence-electron chi connectivity index (χ1n) is 22.6. The number of hydrogen-bond donors (Lipinski definition) is 0. The van der Waals surface area contributed by atoms with Crippen molar-refractivity contribution in [3.8, 4) is 79.7 Å². The molecule has 9 aromatic carbocycles. The second-order valence-electron chi connectivity index (χ2n) is 16.7. The Balaban J connectivity index is 1.08. The maximum Gasteiger partial charge on any atom is 0.238 e. The van der Waals surface area contributed by atoms with Crippen LogP contribution in [0.15, 0.2) is 231 Å². The molecule has 68 heavy (non-hydrogen) atoms. The van der Waals surface area contributed by atoms with Crippen LogP contribution in [0.1, 0.15) is 0 Å². The van der Waals surface area contributed by atoms with Crippen LogP contribution in [0.4, 0.5) is 0 Å². The lowest BCUT2D eigenvalue weighted by atomic mass is 10.0. The minimum Gasteiger partial charge on any atom is -0.308 e. The topological polar surface area (TPSA) is 87.2 Å². The molecule has 13 rings (SSSR count). The quantitative estimate of drug-likeness (QED) is 0.151. The maximum atomic E-state index is 5.39. The SMILES string of the molecule is c1ccc(-c2cccc(-c3nc(-c4ccccc4)nc(-n4c5ccccc5c5ccc6c(c7ccccc7n6-c6ccccc6-c6nc(-c7ccccc7)nc(-c7ccccc7)n6)c54)n3)c2)cc1. The number of para-hydroxylation sites is 3. The summed E-state index contributed by atoms with van der Waals surface area (Å²) in [5.41, 5.74) is 11.7. The minimum absolute atomic E-state index is 0.530. The summed E-state index contributed by atoms with van der Waals surface area (Å²) in [6.45, 7) is 0. The Labute approximate surface area is 391 Å². The van der Waals surface area contributed by atoms with Gasteiger partial charge in [-0.15, -0.1) is 0 Å². The van der Waals surface area contributed by atoms with Crippen molar-refractivity contribution in [2.75, 3.05) is 0 Å². The molecule has 0 aliphatic heterocycles. The van der Waals surface area contributed by atoms with Crippen molar-refractivity contribution in [1.82, 2.24) is 39.0 Å². The van der Waals surface area contributed by atoms with Crippen LogP contribution in [0.3, 0.4) is 0 Å². The third kappa shape index (κ3) is 6.62. The summed E-state index contributed by atoms with van der Waals surface area (Å²) < 4.78 is 4.58. The summed E-state index contributed by atoms with van der Waals surface area (Å²) in [7, 11) is 0. The minimum atomic E-state index is 0.530. The highest BCUT2D eigenvalue weighted by atomic mass is 15.2. The van der Waals surface area contributed by atoms with Crippen LogP contribution in [-0.4, -0.2) is 39.0 Å². The summed E-state index contributed by atoms with van der Waals surface area (Å²) in [6, 6.07) is 79.2. The Morgan fingerprint density at radius 3 is 1.35 bits per heavy atom. The number of nitrogens with zero attached hydrogens (tertiary/aromatic N) is 8. The van der Waals surface area contributed by atoms with E-state index in [1.54, 1.807) is 0 Å². The van der Waals surface area contributed by atoms with Crippen LogP contribution in [0.2, 0.25) is 0 Å².